The summed E-state index contributed by atoms with van der Waals surface area (Å²) in [6.45, 7) is 6.57. The van der Waals surface area contributed by atoms with Crippen LogP contribution in [0.15, 0.2) is 41.5 Å². The molecular weight excluding hydrogens is 260 g/mol. The summed E-state index contributed by atoms with van der Waals surface area (Å²) < 4.78 is 7.34. The van der Waals surface area contributed by atoms with Gasteiger partial charge < -0.3 is 4.74 Å². The van der Waals surface area contributed by atoms with E-state index in [1.54, 1.807) is 7.11 Å². The number of aromatic nitrogens is 1. The molecule has 3 nitrogen and oxygen atoms in total. The minimum absolute atomic E-state index is 0.00439. The highest BCUT2D eigenvalue weighted by Crippen LogP contribution is 2.39. The van der Waals surface area contributed by atoms with Crippen molar-refractivity contribution in [1.29, 1.82) is 0 Å². The molecular formula is C18H21N2O+. The Morgan fingerprint density at radius 3 is 2.38 bits per heavy atom. The molecule has 1 aromatic carbocycles. The van der Waals surface area contributed by atoms with Crippen LogP contribution in [0, 0.1) is 0 Å². The zero-order chi connectivity index (χ0) is 15.2. The van der Waals surface area contributed by atoms with Gasteiger partial charge in [-0.1, -0.05) is 12.1 Å². The Labute approximate surface area is 125 Å². The maximum absolute atomic E-state index is 5.23. The summed E-state index contributed by atoms with van der Waals surface area (Å²) >= 11 is 0. The van der Waals surface area contributed by atoms with Gasteiger partial charge in [-0.15, -0.1) is 0 Å². The van der Waals surface area contributed by atoms with Crippen LogP contribution in [0.25, 0.3) is 11.1 Å². The highest BCUT2D eigenvalue weighted by atomic mass is 16.5. The SMILES string of the molecule is COc1ccc(-c2cc3c([n+](C)c2)N=C(C)C3(C)C)cc1. The molecule has 21 heavy (non-hydrogen) atoms. The van der Waals surface area contributed by atoms with Gasteiger partial charge in [0.25, 0.3) is 0 Å². The molecule has 0 atom stereocenters. The maximum atomic E-state index is 5.23. The zero-order valence-corrected chi connectivity index (χ0v) is 13.3. The molecule has 0 bridgehead atoms. The van der Waals surface area contributed by atoms with Crippen molar-refractivity contribution >= 4 is 11.5 Å². The highest BCUT2D eigenvalue weighted by Gasteiger charge is 2.40. The molecule has 0 unspecified atom stereocenters. The van der Waals surface area contributed by atoms with Gasteiger partial charge in [0.15, 0.2) is 0 Å². The van der Waals surface area contributed by atoms with E-state index < -0.39 is 0 Å². The van der Waals surface area contributed by atoms with Gasteiger partial charge in [0, 0.05) is 5.56 Å². The first kappa shape index (κ1) is 13.8. The zero-order valence-electron chi connectivity index (χ0n) is 13.3. The average molecular weight is 281 g/mol. The molecule has 0 saturated heterocycles. The molecule has 0 amide bonds. The summed E-state index contributed by atoms with van der Waals surface area (Å²) in [7, 11) is 3.75. The maximum Gasteiger partial charge on any atom is 0.326 e. The second kappa shape index (κ2) is 4.69. The van der Waals surface area contributed by atoms with Crippen molar-refractivity contribution in [3.05, 3.63) is 42.1 Å². The van der Waals surface area contributed by atoms with Gasteiger partial charge in [-0.05, 0) is 49.5 Å². The lowest BCUT2D eigenvalue weighted by Gasteiger charge is -2.17. The number of aryl methyl sites for hydroxylation is 1. The van der Waals surface area contributed by atoms with Crippen LogP contribution in [0.1, 0.15) is 26.3 Å². The number of hydrogen-bond acceptors (Lipinski definition) is 2. The van der Waals surface area contributed by atoms with E-state index in [-0.39, 0.29) is 5.41 Å². The Kier molecular flexibility index (Phi) is 3.08. The summed E-state index contributed by atoms with van der Waals surface area (Å²) in [5, 5.41) is 0. The van der Waals surface area contributed by atoms with Crippen molar-refractivity contribution in [3.63, 3.8) is 0 Å². The number of methoxy groups -OCH3 is 1. The van der Waals surface area contributed by atoms with Gasteiger partial charge in [-0.2, -0.15) is 0 Å². The summed E-state index contributed by atoms with van der Waals surface area (Å²) in [6.07, 6.45) is 2.14. The predicted molar refractivity (Wildman–Crippen MR) is 85.4 cm³/mol. The number of nitrogens with zero attached hydrogens (tertiary/aromatic N) is 2. The molecule has 0 N–H and O–H groups in total. The molecule has 1 aliphatic rings. The molecule has 0 fully saturated rings. The molecule has 0 aliphatic carbocycles. The highest BCUT2D eigenvalue weighted by molar-refractivity contribution is 5.98. The minimum Gasteiger partial charge on any atom is -0.497 e. The molecule has 2 heterocycles. The summed E-state index contributed by atoms with van der Waals surface area (Å²) in [5.41, 5.74) is 4.84. The van der Waals surface area contributed by atoms with Gasteiger partial charge in [0.1, 0.15) is 11.5 Å². The standard InChI is InChI=1S/C18H21N2O/c1-12-18(2,3)16-10-14(11-20(4)17(16)19-12)13-6-8-15(21-5)9-7-13/h6-11H,1-5H3/q+1. The van der Waals surface area contributed by atoms with Gasteiger partial charge in [-0.3, -0.25) is 0 Å². The topological polar surface area (TPSA) is 25.5 Å². The monoisotopic (exact) mass is 281 g/mol. The Hall–Kier alpha value is -2.16. The second-order valence-corrected chi connectivity index (χ2v) is 6.13. The summed E-state index contributed by atoms with van der Waals surface area (Å²) in [6, 6.07) is 10.4. The van der Waals surface area contributed by atoms with Crippen molar-refractivity contribution in [2.75, 3.05) is 7.11 Å². The Morgan fingerprint density at radius 1 is 1.10 bits per heavy atom. The van der Waals surface area contributed by atoms with E-state index in [2.05, 4.69) is 56.8 Å². The molecule has 3 rings (SSSR count). The van der Waals surface area contributed by atoms with E-state index in [0.717, 1.165) is 11.6 Å². The normalized spacial score (nSPS) is 15.6. The van der Waals surface area contributed by atoms with Crippen molar-refractivity contribution in [3.8, 4) is 16.9 Å². The number of ether oxygens (including phenoxy) is 1. The summed E-state index contributed by atoms with van der Waals surface area (Å²) in [5.74, 6) is 1.94. The first-order valence-corrected chi connectivity index (χ1v) is 7.18. The van der Waals surface area contributed by atoms with Crippen LogP contribution in [0.2, 0.25) is 0 Å². The lowest BCUT2D eigenvalue weighted by atomic mass is 9.82. The fraction of sp³-hybridized carbons (Fsp3) is 0.333. The number of hydrogen-bond donors (Lipinski definition) is 0. The molecule has 1 aliphatic heterocycles. The van der Waals surface area contributed by atoms with Crippen LogP contribution in [-0.4, -0.2) is 12.8 Å². The van der Waals surface area contributed by atoms with Crippen LogP contribution >= 0.6 is 0 Å². The van der Waals surface area contributed by atoms with Crippen molar-refractivity contribution < 1.29 is 9.30 Å². The molecule has 0 radical (unpaired) electrons. The molecule has 108 valence electrons. The third-order valence-corrected chi connectivity index (χ3v) is 4.48. The third kappa shape index (κ3) is 2.13. The van der Waals surface area contributed by atoms with Gasteiger partial charge in [0.2, 0.25) is 0 Å². The van der Waals surface area contributed by atoms with E-state index in [9.17, 15) is 0 Å². The molecule has 0 spiro atoms. The second-order valence-electron chi connectivity index (χ2n) is 6.13. The van der Waals surface area contributed by atoms with Gasteiger partial charge >= 0.3 is 5.82 Å². The third-order valence-electron chi connectivity index (χ3n) is 4.48. The largest absolute Gasteiger partial charge is 0.497 e. The van der Waals surface area contributed by atoms with Crippen molar-refractivity contribution in [1.82, 2.24) is 0 Å². The molecule has 2 aromatic rings. The van der Waals surface area contributed by atoms with Gasteiger partial charge in [0.05, 0.1) is 31.3 Å². The van der Waals surface area contributed by atoms with Crippen LogP contribution in [-0.2, 0) is 12.5 Å². The van der Waals surface area contributed by atoms with E-state index in [1.165, 1.54) is 22.4 Å². The van der Waals surface area contributed by atoms with E-state index in [1.807, 2.05) is 12.1 Å². The fourth-order valence-electron chi connectivity index (χ4n) is 2.75. The molecule has 3 heteroatoms. The van der Waals surface area contributed by atoms with Crippen LogP contribution < -0.4 is 9.30 Å². The van der Waals surface area contributed by atoms with Gasteiger partial charge in [-0.25, -0.2) is 4.57 Å². The lowest BCUT2D eigenvalue weighted by Crippen LogP contribution is -2.30. The Bertz CT molecular complexity index is 728. The molecule has 0 saturated carbocycles. The quantitative estimate of drug-likeness (QED) is 0.773. The number of fused-ring (bicyclic) bond motifs is 1. The number of aliphatic imine (C=N–C) groups is 1. The van der Waals surface area contributed by atoms with Crippen LogP contribution in [0.4, 0.5) is 5.82 Å². The van der Waals surface area contributed by atoms with Crippen molar-refractivity contribution in [2.24, 2.45) is 12.0 Å². The lowest BCUT2D eigenvalue weighted by molar-refractivity contribution is -0.658. The minimum atomic E-state index is -0.00439. The number of rotatable bonds is 2. The Morgan fingerprint density at radius 2 is 1.76 bits per heavy atom. The smallest absolute Gasteiger partial charge is 0.326 e. The van der Waals surface area contributed by atoms with Crippen LogP contribution in [0.3, 0.4) is 0 Å². The number of benzene rings is 1. The first-order chi connectivity index (χ1) is 9.93. The Balaban J connectivity index is 2.12. The van der Waals surface area contributed by atoms with Crippen LogP contribution in [0.5, 0.6) is 5.75 Å². The van der Waals surface area contributed by atoms with Crippen molar-refractivity contribution in [2.45, 2.75) is 26.2 Å². The average Bonchev–Trinajstić information content (AvgIpc) is 2.71. The van der Waals surface area contributed by atoms with E-state index in [0.29, 0.717) is 0 Å². The number of pyridine rings is 1. The fourth-order valence-corrected chi connectivity index (χ4v) is 2.75. The first-order valence-electron chi connectivity index (χ1n) is 7.18. The van der Waals surface area contributed by atoms with E-state index >= 15 is 0 Å². The summed E-state index contributed by atoms with van der Waals surface area (Å²) in [4.78, 5) is 4.73. The predicted octanol–water partition coefficient (Wildman–Crippen LogP) is 3.57. The van der Waals surface area contributed by atoms with E-state index in [4.69, 9.17) is 9.73 Å². The molecule has 1 aromatic heterocycles.